The molecule has 0 saturated heterocycles. The van der Waals surface area contributed by atoms with E-state index in [1.54, 1.807) is 0 Å². The van der Waals surface area contributed by atoms with Crippen molar-refractivity contribution in [1.29, 1.82) is 0 Å². The van der Waals surface area contributed by atoms with Crippen molar-refractivity contribution < 1.29 is 24.2 Å². The van der Waals surface area contributed by atoms with Gasteiger partial charge in [-0.15, -0.1) is 0 Å². The summed E-state index contributed by atoms with van der Waals surface area (Å²) < 4.78 is 5.21. The molecular weight excluding hydrogens is 402 g/mol. The molecule has 0 bridgehead atoms. The number of carboxylic acids is 1. The number of aliphatic carboxylic acids is 1. The van der Waals surface area contributed by atoms with Gasteiger partial charge in [0.2, 0.25) is 0 Å². The first-order valence-corrected chi connectivity index (χ1v) is 9.78. The molecule has 1 aliphatic carbocycles. The van der Waals surface area contributed by atoms with E-state index >= 15 is 0 Å². The smallest absolute Gasteiger partial charge is 0.408 e. The molecule has 0 heterocycles. The molecule has 1 amide bonds. The second kappa shape index (κ2) is 10.3. The van der Waals surface area contributed by atoms with Crippen molar-refractivity contribution in [2.24, 2.45) is 5.92 Å². The molecule has 0 radical (unpaired) electrons. The maximum absolute atomic E-state index is 12.6. The molecule has 7 heteroatoms. The van der Waals surface area contributed by atoms with Gasteiger partial charge in [0.25, 0.3) is 0 Å². The first-order valence-electron chi connectivity index (χ1n) is 8.87. The van der Waals surface area contributed by atoms with Crippen molar-refractivity contribution in [1.82, 2.24) is 5.32 Å². The molecule has 2 N–H and O–H groups in total. The molecule has 0 aromatic heterocycles. The monoisotopic (exact) mass is 425 g/mol. The summed E-state index contributed by atoms with van der Waals surface area (Å²) in [6.07, 6.45) is 4.98. The minimum Gasteiger partial charge on any atom is -0.480 e. The van der Waals surface area contributed by atoms with Gasteiger partial charge in [-0.1, -0.05) is 71.9 Å². The van der Waals surface area contributed by atoms with Crippen LogP contribution in [-0.2, 0) is 20.9 Å². The Kier molecular flexibility index (Phi) is 8.09. The number of rotatable bonds is 7. The zero-order chi connectivity index (χ0) is 18.9. The van der Waals surface area contributed by atoms with Crippen LogP contribution in [0.15, 0.2) is 30.3 Å². The third-order valence-corrected chi connectivity index (χ3v) is 5.47. The highest BCUT2D eigenvalue weighted by atomic mass is 79.9. The van der Waals surface area contributed by atoms with Crippen molar-refractivity contribution in [2.45, 2.75) is 56.0 Å². The summed E-state index contributed by atoms with van der Waals surface area (Å²) in [5, 5.41) is 11.7. The first-order chi connectivity index (χ1) is 12.5. The number of hydrogen-bond acceptors (Lipinski definition) is 4. The standard InChI is InChI=1S/C19H24BrNO5/c20-15(18(23)24)17(22)16(14-10-6-1-2-7-11-14)21-19(25)26-12-13-8-4-3-5-9-13/h3-5,8-9,14-16H,1-2,6-7,10-12H2,(H,21,25)(H,23,24)/t15?,16-/m0/s1. The predicted octanol–water partition coefficient (Wildman–Crippen LogP) is 3.67. The van der Waals surface area contributed by atoms with Gasteiger partial charge in [-0.05, 0) is 24.3 Å². The molecule has 1 aromatic carbocycles. The first kappa shape index (κ1) is 20.4. The number of alkyl halides is 1. The molecule has 26 heavy (non-hydrogen) atoms. The molecular formula is C19H24BrNO5. The molecule has 1 aliphatic rings. The lowest BCUT2D eigenvalue weighted by Gasteiger charge is -2.26. The van der Waals surface area contributed by atoms with E-state index in [1.807, 2.05) is 30.3 Å². The lowest BCUT2D eigenvalue weighted by molar-refractivity contribution is -0.140. The Morgan fingerprint density at radius 2 is 1.73 bits per heavy atom. The molecule has 6 nitrogen and oxygen atoms in total. The van der Waals surface area contributed by atoms with Crippen molar-refractivity contribution in [3.63, 3.8) is 0 Å². The SMILES string of the molecule is O=C(N[C@H](C(=O)C(Br)C(=O)O)C1CCCCCC1)OCc1ccccc1. The summed E-state index contributed by atoms with van der Waals surface area (Å²) in [6.45, 7) is 0.0922. The highest BCUT2D eigenvalue weighted by Crippen LogP contribution is 2.27. The second-order valence-electron chi connectivity index (χ2n) is 6.54. The molecule has 2 rings (SSSR count). The second-order valence-corrected chi connectivity index (χ2v) is 7.45. The summed E-state index contributed by atoms with van der Waals surface area (Å²) in [4.78, 5) is 34.7. The Morgan fingerprint density at radius 1 is 1.12 bits per heavy atom. The Morgan fingerprint density at radius 3 is 2.31 bits per heavy atom. The predicted molar refractivity (Wildman–Crippen MR) is 100 cm³/mol. The molecule has 0 aliphatic heterocycles. The average molecular weight is 426 g/mol. The topological polar surface area (TPSA) is 92.7 Å². The van der Waals surface area contributed by atoms with E-state index < -0.39 is 28.7 Å². The van der Waals surface area contributed by atoms with Gasteiger partial charge >= 0.3 is 12.1 Å². The molecule has 1 aromatic rings. The van der Waals surface area contributed by atoms with Crippen LogP contribution in [-0.4, -0.2) is 33.8 Å². The molecule has 142 valence electrons. The fourth-order valence-electron chi connectivity index (χ4n) is 3.24. The van der Waals surface area contributed by atoms with Crippen LogP contribution in [0.3, 0.4) is 0 Å². The Bertz CT molecular complexity index is 614. The Hall–Kier alpha value is -1.89. The quantitative estimate of drug-likeness (QED) is 0.394. The number of carbonyl (C=O) groups excluding carboxylic acids is 2. The van der Waals surface area contributed by atoms with Gasteiger partial charge in [-0.3, -0.25) is 9.59 Å². The van der Waals surface area contributed by atoms with E-state index in [0.29, 0.717) is 0 Å². The number of alkyl carbamates (subject to hydrolysis) is 1. The summed E-state index contributed by atoms with van der Waals surface area (Å²) in [7, 11) is 0. The van der Waals surface area contributed by atoms with Crippen molar-refractivity contribution in [2.75, 3.05) is 0 Å². The van der Waals surface area contributed by atoms with Gasteiger partial charge in [0.15, 0.2) is 10.6 Å². The number of hydrogen-bond donors (Lipinski definition) is 2. The zero-order valence-corrected chi connectivity index (χ0v) is 16.1. The minimum atomic E-state index is -1.34. The van der Waals surface area contributed by atoms with Crippen LogP contribution in [0.4, 0.5) is 4.79 Å². The number of benzene rings is 1. The van der Waals surface area contributed by atoms with Crippen LogP contribution in [0.2, 0.25) is 0 Å². The van der Waals surface area contributed by atoms with Gasteiger partial charge in [-0.25, -0.2) is 4.79 Å². The maximum Gasteiger partial charge on any atom is 0.408 e. The van der Waals surface area contributed by atoms with Crippen molar-refractivity contribution in [3.8, 4) is 0 Å². The third-order valence-electron chi connectivity index (χ3n) is 4.63. The number of carbonyl (C=O) groups is 3. The normalized spacial score (nSPS) is 17.6. The number of ketones is 1. The van der Waals surface area contributed by atoms with Gasteiger partial charge in [0, 0.05) is 0 Å². The fraction of sp³-hybridized carbons (Fsp3) is 0.526. The van der Waals surface area contributed by atoms with Crippen LogP contribution in [0.25, 0.3) is 0 Å². The number of Topliss-reactive ketones (excluding diaryl/α,β-unsaturated/α-hetero) is 1. The van der Waals surface area contributed by atoms with Gasteiger partial charge in [0.05, 0.1) is 6.04 Å². The van der Waals surface area contributed by atoms with Crippen LogP contribution < -0.4 is 5.32 Å². The molecule has 2 atom stereocenters. The molecule has 1 fully saturated rings. The highest BCUT2D eigenvalue weighted by molar-refractivity contribution is 9.10. The summed E-state index contributed by atoms with van der Waals surface area (Å²) in [5.41, 5.74) is 0.837. The van der Waals surface area contributed by atoms with Crippen LogP contribution in [0, 0.1) is 5.92 Å². The van der Waals surface area contributed by atoms with Gasteiger partial charge in [0.1, 0.15) is 6.61 Å². The minimum absolute atomic E-state index is 0.0753. The van der Waals surface area contributed by atoms with Crippen molar-refractivity contribution in [3.05, 3.63) is 35.9 Å². The Balaban J connectivity index is 2.03. The molecule has 1 unspecified atom stereocenters. The Labute approximate surface area is 161 Å². The summed E-state index contributed by atoms with van der Waals surface area (Å²) in [6, 6.07) is 8.36. The lowest BCUT2D eigenvalue weighted by atomic mass is 9.88. The fourth-order valence-corrected chi connectivity index (χ4v) is 3.52. The van der Waals surface area contributed by atoms with E-state index in [0.717, 1.165) is 44.1 Å². The van der Waals surface area contributed by atoms with E-state index in [1.165, 1.54) is 0 Å². The van der Waals surface area contributed by atoms with Gasteiger partial charge < -0.3 is 15.2 Å². The van der Waals surface area contributed by atoms with Crippen molar-refractivity contribution >= 4 is 33.8 Å². The van der Waals surface area contributed by atoms with Crippen LogP contribution >= 0.6 is 15.9 Å². The van der Waals surface area contributed by atoms with E-state index in [9.17, 15) is 14.4 Å². The maximum atomic E-state index is 12.6. The summed E-state index contributed by atoms with van der Waals surface area (Å²) in [5.74, 6) is -1.87. The summed E-state index contributed by atoms with van der Waals surface area (Å²) >= 11 is 2.92. The molecule has 0 spiro atoms. The number of amides is 1. The van der Waals surface area contributed by atoms with Crippen LogP contribution in [0.1, 0.15) is 44.1 Å². The number of nitrogens with one attached hydrogen (secondary N) is 1. The molecule has 1 saturated carbocycles. The number of carboxylic acid groups (broad SMARTS) is 1. The van der Waals surface area contributed by atoms with E-state index in [2.05, 4.69) is 21.2 Å². The highest BCUT2D eigenvalue weighted by Gasteiger charge is 2.36. The third kappa shape index (κ3) is 6.12. The largest absolute Gasteiger partial charge is 0.480 e. The lowest BCUT2D eigenvalue weighted by Crippen LogP contribution is -2.50. The number of halogens is 1. The zero-order valence-electron chi connectivity index (χ0n) is 14.5. The number of ether oxygens (including phenoxy) is 1. The van der Waals surface area contributed by atoms with Gasteiger partial charge in [-0.2, -0.15) is 0 Å². The average Bonchev–Trinajstić information content (AvgIpc) is 2.93. The van der Waals surface area contributed by atoms with E-state index in [-0.39, 0.29) is 12.5 Å². The van der Waals surface area contributed by atoms with E-state index in [4.69, 9.17) is 9.84 Å². The van der Waals surface area contributed by atoms with Crippen LogP contribution in [0.5, 0.6) is 0 Å².